The molecule has 0 saturated heterocycles. The second kappa shape index (κ2) is 4.88. The Morgan fingerprint density at radius 2 is 2.22 bits per heavy atom. The summed E-state index contributed by atoms with van der Waals surface area (Å²) in [5.74, 6) is 0.994. The fourth-order valence-corrected chi connectivity index (χ4v) is 2.10. The molecule has 4 nitrogen and oxygen atoms in total. The van der Waals surface area contributed by atoms with Crippen LogP contribution in [0, 0.1) is 0 Å². The Hall–Kier alpha value is -1.71. The quantitative estimate of drug-likeness (QED) is 0.857. The zero-order valence-electron chi connectivity index (χ0n) is 11.2. The van der Waals surface area contributed by atoms with E-state index in [4.69, 9.17) is 4.74 Å². The Kier molecular flexibility index (Phi) is 3.45. The van der Waals surface area contributed by atoms with Gasteiger partial charge in [0, 0.05) is 25.4 Å². The second-order valence-corrected chi connectivity index (χ2v) is 5.24. The van der Waals surface area contributed by atoms with Gasteiger partial charge in [-0.25, -0.2) is 4.79 Å². The van der Waals surface area contributed by atoms with Crippen LogP contribution < -0.4 is 15.4 Å². The van der Waals surface area contributed by atoms with Crippen LogP contribution in [0.2, 0.25) is 0 Å². The predicted molar refractivity (Wildman–Crippen MR) is 71.1 cm³/mol. The molecule has 0 saturated carbocycles. The number of fused-ring (bicyclic) bond motifs is 1. The molecule has 4 heteroatoms. The molecule has 0 unspecified atom stereocenters. The van der Waals surface area contributed by atoms with Gasteiger partial charge in [-0.3, -0.25) is 0 Å². The third-order valence-corrected chi connectivity index (χ3v) is 3.39. The van der Waals surface area contributed by atoms with Crippen LogP contribution in [0.15, 0.2) is 18.2 Å². The lowest BCUT2D eigenvalue weighted by Gasteiger charge is -2.26. The molecule has 0 bridgehead atoms. The van der Waals surface area contributed by atoms with Gasteiger partial charge in [0.2, 0.25) is 0 Å². The van der Waals surface area contributed by atoms with Crippen molar-refractivity contribution in [3.05, 3.63) is 29.3 Å². The Bertz CT molecular complexity index is 455. The molecule has 0 fully saturated rings. The van der Waals surface area contributed by atoms with E-state index in [9.17, 15) is 4.79 Å². The highest BCUT2D eigenvalue weighted by atomic mass is 16.5. The third kappa shape index (κ3) is 2.58. The number of carbonyl (C=O) groups is 1. The van der Waals surface area contributed by atoms with Crippen molar-refractivity contribution in [3.8, 4) is 5.75 Å². The van der Waals surface area contributed by atoms with Crippen molar-refractivity contribution >= 4 is 6.03 Å². The lowest BCUT2D eigenvalue weighted by molar-refractivity contribution is 0.240. The molecule has 18 heavy (non-hydrogen) atoms. The van der Waals surface area contributed by atoms with E-state index in [2.05, 4.69) is 36.6 Å². The highest BCUT2D eigenvalue weighted by Crippen LogP contribution is 2.31. The predicted octanol–water partition coefficient (Wildman–Crippen LogP) is 1.83. The monoisotopic (exact) mass is 248 g/mol. The molecule has 0 atom stereocenters. The summed E-state index contributed by atoms with van der Waals surface area (Å²) in [6.45, 7) is 5.63. The van der Waals surface area contributed by atoms with E-state index in [0.29, 0.717) is 6.54 Å². The van der Waals surface area contributed by atoms with E-state index in [1.807, 2.05) is 6.07 Å². The highest BCUT2D eigenvalue weighted by molar-refractivity contribution is 5.73. The van der Waals surface area contributed by atoms with Crippen LogP contribution in [0.1, 0.15) is 25.0 Å². The molecule has 98 valence electrons. The fraction of sp³-hybridized carbons (Fsp3) is 0.500. The minimum atomic E-state index is -0.146. The molecule has 1 aromatic rings. The van der Waals surface area contributed by atoms with Gasteiger partial charge < -0.3 is 15.4 Å². The summed E-state index contributed by atoms with van der Waals surface area (Å²) in [7, 11) is 1.62. The number of ether oxygens (including phenoxy) is 1. The molecular weight excluding hydrogens is 228 g/mol. The number of nitrogens with one attached hydrogen (secondary N) is 2. The molecule has 2 rings (SSSR count). The normalized spacial score (nSPS) is 13.7. The third-order valence-electron chi connectivity index (χ3n) is 3.39. The smallest absolute Gasteiger partial charge is 0.314 e. The summed E-state index contributed by atoms with van der Waals surface area (Å²) in [6.07, 6.45) is 0.974. The first-order chi connectivity index (χ1) is 8.53. The summed E-state index contributed by atoms with van der Waals surface area (Å²) in [5.41, 5.74) is 2.40. The minimum absolute atomic E-state index is 0.0931. The first-order valence-electron chi connectivity index (χ1n) is 6.25. The molecule has 1 aliphatic heterocycles. The standard InChI is InChI=1S/C14H20N2O2/c1-14(2,9-16-13(17)15-3)11-4-5-12-10(8-11)6-7-18-12/h4-5,8H,6-7,9H2,1-3H3,(H2,15,16,17). The van der Waals surface area contributed by atoms with E-state index < -0.39 is 0 Å². The lowest BCUT2D eigenvalue weighted by atomic mass is 9.83. The summed E-state index contributed by atoms with van der Waals surface area (Å²) < 4.78 is 5.50. The van der Waals surface area contributed by atoms with Gasteiger partial charge in [-0.2, -0.15) is 0 Å². The molecule has 0 aromatic heterocycles. The first-order valence-corrected chi connectivity index (χ1v) is 6.25. The van der Waals surface area contributed by atoms with E-state index in [1.54, 1.807) is 7.05 Å². The van der Waals surface area contributed by atoms with Gasteiger partial charge in [0.15, 0.2) is 0 Å². The molecule has 1 aliphatic rings. The van der Waals surface area contributed by atoms with Crippen molar-refractivity contribution in [2.45, 2.75) is 25.7 Å². The molecule has 0 radical (unpaired) electrons. The fourth-order valence-electron chi connectivity index (χ4n) is 2.10. The number of carbonyl (C=O) groups excluding carboxylic acids is 1. The van der Waals surface area contributed by atoms with Crippen LogP contribution in [0.4, 0.5) is 4.79 Å². The maximum Gasteiger partial charge on any atom is 0.314 e. The van der Waals surface area contributed by atoms with E-state index >= 15 is 0 Å². The number of benzene rings is 1. The first kappa shape index (κ1) is 12.7. The van der Waals surface area contributed by atoms with Crippen LogP contribution in [0.3, 0.4) is 0 Å². The van der Waals surface area contributed by atoms with Gasteiger partial charge in [-0.05, 0) is 17.2 Å². The van der Waals surface area contributed by atoms with Crippen molar-refractivity contribution in [3.63, 3.8) is 0 Å². The molecule has 2 N–H and O–H groups in total. The van der Waals surface area contributed by atoms with Gasteiger partial charge in [-0.15, -0.1) is 0 Å². The summed E-state index contributed by atoms with van der Waals surface area (Å²) in [4.78, 5) is 11.2. The SMILES string of the molecule is CNC(=O)NCC(C)(C)c1ccc2c(c1)CCO2. The van der Waals surface area contributed by atoms with Crippen molar-refractivity contribution in [2.75, 3.05) is 20.2 Å². The maximum atomic E-state index is 11.2. The summed E-state index contributed by atoms with van der Waals surface area (Å²) >= 11 is 0. The van der Waals surface area contributed by atoms with Gasteiger partial charge in [0.1, 0.15) is 5.75 Å². The van der Waals surface area contributed by atoms with Crippen LogP contribution in [0.5, 0.6) is 5.75 Å². The minimum Gasteiger partial charge on any atom is -0.493 e. The van der Waals surface area contributed by atoms with E-state index in [1.165, 1.54) is 11.1 Å². The van der Waals surface area contributed by atoms with Gasteiger partial charge in [0.25, 0.3) is 0 Å². The van der Waals surface area contributed by atoms with Crippen molar-refractivity contribution in [1.82, 2.24) is 10.6 Å². The van der Waals surface area contributed by atoms with Crippen LogP contribution in [0.25, 0.3) is 0 Å². The lowest BCUT2D eigenvalue weighted by Crippen LogP contribution is -2.40. The summed E-state index contributed by atoms with van der Waals surface area (Å²) in [6, 6.07) is 6.15. The molecular formula is C14H20N2O2. The van der Waals surface area contributed by atoms with Crippen LogP contribution >= 0.6 is 0 Å². The topological polar surface area (TPSA) is 50.4 Å². The van der Waals surface area contributed by atoms with Crippen molar-refractivity contribution in [1.29, 1.82) is 0 Å². The Morgan fingerprint density at radius 1 is 1.44 bits per heavy atom. The number of rotatable bonds is 3. The van der Waals surface area contributed by atoms with Gasteiger partial charge in [0.05, 0.1) is 6.61 Å². The molecule has 0 spiro atoms. The molecule has 1 aromatic carbocycles. The highest BCUT2D eigenvalue weighted by Gasteiger charge is 2.23. The van der Waals surface area contributed by atoms with Gasteiger partial charge >= 0.3 is 6.03 Å². The van der Waals surface area contributed by atoms with E-state index in [-0.39, 0.29) is 11.4 Å². The number of urea groups is 1. The second-order valence-electron chi connectivity index (χ2n) is 5.24. The largest absolute Gasteiger partial charge is 0.493 e. The van der Waals surface area contributed by atoms with E-state index in [0.717, 1.165) is 18.8 Å². The van der Waals surface area contributed by atoms with Crippen molar-refractivity contribution < 1.29 is 9.53 Å². The Labute approximate surface area is 108 Å². The zero-order chi connectivity index (χ0) is 13.2. The Morgan fingerprint density at radius 3 is 2.94 bits per heavy atom. The Balaban J connectivity index is 2.11. The number of amides is 2. The maximum absolute atomic E-state index is 11.2. The zero-order valence-corrected chi connectivity index (χ0v) is 11.2. The average molecular weight is 248 g/mol. The summed E-state index contributed by atoms with van der Waals surface area (Å²) in [5, 5.41) is 5.42. The molecule has 2 amide bonds. The van der Waals surface area contributed by atoms with Gasteiger partial charge in [-0.1, -0.05) is 26.0 Å². The average Bonchev–Trinajstić information content (AvgIpc) is 2.83. The molecule has 1 heterocycles. The van der Waals surface area contributed by atoms with Crippen molar-refractivity contribution in [2.24, 2.45) is 0 Å². The van der Waals surface area contributed by atoms with Crippen LogP contribution in [-0.4, -0.2) is 26.2 Å². The molecule has 0 aliphatic carbocycles. The number of hydrogen-bond acceptors (Lipinski definition) is 2. The van der Waals surface area contributed by atoms with Crippen LogP contribution in [-0.2, 0) is 11.8 Å². The number of hydrogen-bond donors (Lipinski definition) is 2.